The number of rotatable bonds is 0. The van der Waals surface area contributed by atoms with E-state index < -0.39 is 10.8 Å². The van der Waals surface area contributed by atoms with Crippen molar-refractivity contribution in [2.45, 2.75) is 10.6 Å². The summed E-state index contributed by atoms with van der Waals surface area (Å²) in [6.07, 6.45) is 1.81. The van der Waals surface area contributed by atoms with E-state index in [9.17, 15) is 4.21 Å². The van der Waals surface area contributed by atoms with Gasteiger partial charge in [0.1, 0.15) is 0 Å². The molecule has 1 aliphatic rings. The van der Waals surface area contributed by atoms with E-state index in [1.807, 2.05) is 42.2 Å². The second kappa shape index (κ2) is 3.03. The molecule has 0 radical (unpaired) electrons. The average molecular weight is 218 g/mol. The van der Waals surface area contributed by atoms with Gasteiger partial charge in [-0.3, -0.25) is 8.89 Å². The lowest BCUT2D eigenvalue weighted by Crippen LogP contribution is -2.07. The predicted molar refractivity (Wildman–Crippen MR) is 58.8 cm³/mol. The first kappa shape index (κ1) is 8.85. The topological polar surface area (TPSA) is 34.9 Å². The monoisotopic (exact) mass is 218 g/mol. The summed E-state index contributed by atoms with van der Waals surface area (Å²) >= 11 is 0. The van der Waals surface area contributed by atoms with Gasteiger partial charge in [0.15, 0.2) is 0 Å². The molecule has 76 valence electrons. The lowest BCUT2D eigenvalue weighted by molar-refractivity contribution is 0.681. The summed E-state index contributed by atoms with van der Waals surface area (Å²) in [6.45, 7) is 0. The van der Waals surface area contributed by atoms with Gasteiger partial charge in [0.05, 0.1) is 28.4 Å². The van der Waals surface area contributed by atoms with E-state index in [-0.39, 0.29) is 0 Å². The number of aryl methyl sites for hydroxylation is 1. The van der Waals surface area contributed by atoms with E-state index in [4.69, 9.17) is 0 Å². The van der Waals surface area contributed by atoms with Crippen LogP contribution >= 0.6 is 0 Å². The summed E-state index contributed by atoms with van der Waals surface area (Å²) in [7, 11) is 1.00. The Hall–Kier alpha value is -1.42. The quantitative estimate of drug-likeness (QED) is 0.674. The van der Waals surface area contributed by atoms with Crippen molar-refractivity contribution in [2.75, 3.05) is 0 Å². The maximum atomic E-state index is 11.9. The molecule has 0 bridgehead atoms. The summed E-state index contributed by atoms with van der Waals surface area (Å²) < 4.78 is 13.8. The zero-order chi connectivity index (χ0) is 10.4. The van der Waals surface area contributed by atoms with Gasteiger partial charge < -0.3 is 0 Å². The highest BCUT2D eigenvalue weighted by molar-refractivity contribution is 7.84. The Bertz CT molecular complexity index is 559. The largest absolute Gasteiger partial charge is 0.268 e. The lowest BCUT2D eigenvalue weighted by Gasteiger charge is -2.16. The molecule has 1 unspecified atom stereocenters. The molecule has 2 aromatic rings. The average Bonchev–Trinajstić information content (AvgIpc) is 2.61. The Balaban J connectivity index is 2.37. The second-order valence-corrected chi connectivity index (χ2v) is 5.05. The summed E-state index contributed by atoms with van der Waals surface area (Å²) in [5, 5.41) is 4.21. The van der Waals surface area contributed by atoms with Crippen LogP contribution in [-0.2, 0) is 23.6 Å². The van der Waals surface area contributed by atoms with Crippen molar-refractivity contribution < 1.29 is 4.21 Å². The normalized spacial score (nSPS) is 18.3. The molecule has 2 heterocycles. The van der Waals surface area contributed by atoms with Crippen LogP contribution in [0.3, 0.4) is 0 Å². The minimum Gasteiger partial charge on any atom is -0.268 e. The molecule has 1 aromatic heterocycles. The third-order valence-corrected chi connectivity index (χ3v) is 4.11. The van der Waals surface area contributed by atoms with Crippen LogP contribution in [0.15, 0.2) is 35.4 Å². The molecule has 15 heavy (non-hydrogen) atoms. The molecule has 1 aromatic carbocycles. The SMILES string of the molecule is Cn1ncc2c1-c1ccccc1S(=O)C2. The second-order valence-electron chi connectivity index (χ2n) is 3.63. The van der Waals surface area contributed by atoms with Crippen molar-refractivity contribution in [1.29, 1.82) is 0 Å². The van der Waals surface area contributed by atoms with Gasteiger partial charge in [-0.05, 0) is 6.07 Å². The van der Waals surface area contributed by atoms with E-state index in [0.29, 0.717) is 5.75 Å². The van der Waals surface area contributed by atoms with Gasteiger partial charge in [0, 0.05) is 23.1 Å². The van der Waals surface area contributed by atoms with Gasteiger partial charge in [0.25, 0.3) is 0 Å². The molecule has 1 aliphatic heterocycles. The molecule has 4 heteroatoms. The molecule has 0 saturated carbocycles. The fourth-order valence-electron chi connectivity index (χ4n) is 2.02. The van der Waals surface area contributed by atoms with Crippen LogP contribution < -0.4 is 0 Å². The Morgan fingerprint density at radius 2 is 2.20 bits per heavy atom. The zero-order valence-corrected chi connectivity index (χ0v) is 9.12. The number of hydrogen-bond donors (Lipinski definition) is 0. The van der Waals surface area contributed by atoms with Gasteiger partial charge in [-0.2, -0.15) is 5.10 Å². The lowest BCUT2D eigenvalue weighted by atomic mass is 10.1. The highest BCUT2D eigenvalue weighted by atomic mass is 32.2. The maximum absolute atomic E-state index is 11.9. The first-order valence-corrected chi connectivity index (χ1v) is 6.08. The van der Waals surface area contributed by atoms with Gasteiger partial charge in [-0.25, -0.2) is 0 Å². The minimum absolute atomic E-state index is 0.584. The van der Waals surface area contributed by atoms with E-state index in [1.54, 1.807) is 0 Å². The van der Waals surface area contributed by atoms with Crippen LogP contribution in [0.4, 0.5) is 0 Å². The number of aromatic nitrogens is 2. The van der Waals surface area contributed by atoms with Crippen LogP contribution in [0.1, 0.15) is 5.56 Å². The van der Waals surface area contributed by atoms with Crippen LogP contribution in [-0.4, -0.2) is 14.0 Å². The van der Waals surface area contributed by atoms with Crippen molar-refractivity contribution in [3.05, 3.63) is 36.0 Å². The highest BCUT2D eigenvalue weighted by Crippen LogP contribution is 2.34. The van der Waals surface area contributed by atoms with Crippen molar-refractivity contribution in [1.82, 2.24) is 9.78 Å². The molecule has 0 aliphatic carbocycles. The summed E-state index contributed by atoms with van der Waals surface area (Å²) in [5.74, 6) is 0.584. The molecule has 1 atom stereocenters. The fraction of sp³-hybridized carbons (Fsp3) is 0.182. The van der Waals surface area contributed by atoms with Crippen LogP contribution in [0.2, 0.25) is 0 Å². The number of benzene rings is 1. The molecule has 0 fully saturated rings. The Kier molecular flexibility index (Phi) is 1.79. The first-order valence-electron chi connectivity index (χ1n) is 4.76. The molecular formula is C11H10N2OS. The third kappa shape index (κ3) is 1.18. The van der Waals surface area contributed by atoms with Crippen molar-refractivity contribution in [3.8, 4) is 11.3 Å². The van der Waals surface area contributed by atoms with Gasteiger partial charge >= 0.3 is 0 Å². The van der Waals surface area contributed by atoms with E-state index in [2.05, 4.69) is 5.10 Å². The van der Waals surface area contributed by atoms with Gasteiger partial charge in [-0.15, -0.1) is 0 Å². The zero-order valence-electron chi connectivity index (χ0n) is 8.30. The molecule has 0 saturated heterocycles. The molecule has 0 N–H and O–H groups in total. The van der Waals surface area contributed by atoms with Crippen LogP contribution in [0.5, 0.6) is 0 Å². The Morgan fingerprint density at radius 1 is 1.40 bits per heavy atom. The Labute approximate surface area is 90.2 Å². The number of hydrogen-bond acceptors (Lipinski definition) is 2. The minimum atomic E-state index is -0.917. The van der Waals surface area contributed by atoms with Crippen molar-refractivity contribution in [2.24, 2.45) is 7.05 Å². The van der Waals surface area contributed by atoms with Crippen LogP contribution in [0.25, 0.3) is 11.3 Å². The standard InChI is InChI=1S/C11H10N2OS/c1-13-11-8(6-12-13)7-15(14)10-5-3-2-4-9(10)11/h2-6H,7H2,1H3. The van der Waals surface area contributed by atoms with E-state index >= 15 is 0 Å². The molecule has 0 spiro atoms. The maximum Gasteiger partial charge on any atom is 0.0732 e. The third-order valence-electron chi connectivity index (χ3n) is 2.69. The molecular weight excluding hydrogens is 208 g/mol. The van der Waals surface area contributed by atoms with Crippen molar-refractivity contribution in [3.63, 3.8) is 0 Å². The summed E-state index contributed by atoms with van der Waals surface area (Å²) in [4.78, 5) is 0.925. The van der Waals surface area contributed by atoms with E-state index in [1.165, 1.54) is 0 Å². The van der Waals surface area contributed by atoms with Crippen LogP contribution in [0, 0.1) is 0 Å². The molecule has 3 rings (SSSR count). The molecule has 0 amide bonds. The van der Waals surface area contributed by atoms with Gasteiger partial charge in [-0.1, -0.05) is 18.2 Å². The smallest absolute Gasteiger partial charge is 0.0732 e. The summed E-state index contributed by atoms with van der Waals surface area (Å²) in [6, 6.07) is 7.84. The summed E-state index contributed by atoms with van der Waals surface area (Å²) in [5.41, 5.74) is 3.23. The first-order chi connectivity index (χ1) is 7.27. The van der Waals surface area contributed by atoms with E-state index in [0.717, 1.165) is 21.7 Å². The Morgan fingerprint density at radius 3 is 3.07 bits per heavy atom. The van der Waals surface area contributed by atoms with Gasteiger partial charge in [0.2, 0.25) is 0 Å². The molecule has 3 nitrogen and oxygen atoms in total. The highest BCUT2D eigenvalue weighted by Gasteiger charge is 2.23. The number of fused-ring (bicyclic) bond motifs is 3. The fourth-order valence-corrected chi connectivity index (χ4v) is 3.31. The van der Waals surface area contributed by atoms with Crippen molar-refractivity contribution >= 4 is 10.8 Å². The number of nitrogens with zero attached hydrogens (tertiary/aromatic N) is 2. The predicted octanol–water partition coefficient (Wildman–Crippen LogP) is 1.71.